The lowest BCUT2D eigenvalue weighted by molar-refractivity contribution is 0.547. The van der Waals surface area contributed by atoms with Crippen molar-refractivity contribution in [3.05, 3.63) is 24.2 Å². The number of sulfonamides is 1. The van der Waals surface area contributed by atoms with Gasteiger partial charge in [0.2, 0.25) is 10.0 Å². The predicted octanol–water partition coefficient (Wildman–Crippen LogP) is 2.16. The third kappa shape index (κ3) is 2.24. The van der Waals surface area contributed by atoms with E-state index in [0.29, 0.717) is 5.92 Å². The molecule has 2 saturated carbocycles. The molecule has 0 radical (unpaired) electrons. The van der Waals surface area contributed by atoms with Gasteiger partial charge in [0.15, 0.2) is 5.65 Å². The van der Waals surface area contributed by atoms with E-state index in [1.807, 2.05) is 6.07 Å². The zero-order valence-corrected chi connectivity index (χ0v) is 13.9. The van der Waals surface area contributed by atoms with Gasteiger partial charge in [0.1, 0.15) is 0 Å². The molecule has 8 heteroatoms. The van der Waals surface area contributed by atoms with Crippen LogP contribution >= 0.6 is 0 Å². The first-order valence-corrected chi connectivity index (χ1v) is 9.97. The summed E-state index contributed by atoms with van der Waals surface area (Å²) in [5.41, 5.74) is 2.85. The molecule has 0 spiro atoms. The Hall–Kier alpha value is -1.93. The number of H-pyrrole nitrogens is 2. The highest BCUT2D eigenvalue weighted by atomic mass is 32.2. The van der Waals surface area contributed by atoms with E-state index < -0.39 is 10.0 Å². The van der Waals surface area contributed by atoms with Crippen LogP contribution in [0.1, 0.15) is 43.7 Å². The highest BCUT2D eigenvalue weighted by Gasteiger charge is 2.39. The molecule has 0 amide bonds. The number of hydrogen-bond acceptors (Lipinski definition) is 4. The van der Waals surface area contributed by atoms with Crippen LogP contribution < -0.4 is 4.72 Å². The van der Waals surface area contributed by atoms with Gasteiger partial charge in [-0.25, -0.2) is 23.1 Å². The van der Waals surface area contributed by atoms with E-state index in [-0.39, 0.29) is 11.3 Å². The van der Waals surface area contributed by atoms with Crippen LogP contribution in [0.3, 0.4) is 0 Å². The number of aromatic nitrogens is 4. The summed E-state index contributed by atoms with van der Waals surface area (Å²) in [5.74, 6) is 0.311. The molecule has 0 aliphatic heterocycles. The quantitative estimate of drug-likeness (QED) is 0.674. The molecule has 7 nitrogen and oxygen atoms in total. The average Bonchev–Trinajstić information content (AvgIpc) is 2.96. The van der Waals surface area contributed by atoms with E-state index >= 15 is 0 Å². The number of hydrogen-bond donors (Lipinski definition) is 3. The predicted molar refractivity (Wildman–Crippen MR) is 91.2 cm³/mol. The summed E-state index contributed by atoms with van der Waals surface area (Å²) in [6, 6.07) is 2.02. The van der Waals surface area contributed by atoms with Gasteiger partial charge in [-0.1, -0.05) is 0 Å². The SMILES string of the molecule is O=S(=O)(N[C@@H]1CC[C@@H](c2[nH][nH]c3cnc4nccc4c23)C1)C1CC1. The molecule has 2 fully saturated rings. The molecule has 0 unspecified atom stereocenters. The summed E-state index contributed by atoms with van der Waals surface area (Å²) >= 11 is 0. The highest BCUT2D eigenvalue weighted by Crippen LogP contribution is 2.39. The first kappa shape index (κ1) is 14.4. The number of aromatic amines is 2. The van der Waals surface area contributed by atoms with Crippen LogP contribution in [0, 0.1) is 0 Å². The number of rotatable bonds is 4. The summed E-state index contributed by atoms with van der Waals surface area (Å²) in [6.45, 7) is 0. The molecule has 3 heterocycles. The standard InChI is InChI=1S/C16H19N5O2S/c22-24(23,11-3-4-11)21-10-2-1-9(7-10)15-14-12-5-6-17-16(12)18-8-13(14)19-20-15/h5-6,8-11,19-21H,1-4,7H2/t9-,10-/m1/s1. The van der Waals surface area contributed by atoms with E-state index in [1.54, 1.807) is 12.4 Å². The maximum absolute atomic E-state index is 12.2. The second-order valence-electron chi connectivity index (χ2n) is 6.96. The average molecular weight is 345 g/mol. The molecule has 0 saturated heterocycles. The van der Waals surface area contributed by atoms with E-state index in [2.05, 4.69) is 24.9 Å². The molecule has 3 aromatic heterocycles. The monoisotopic (exact) mass is 345 g/mol. The van der Waals surface area contributed by atoms with Gasteiger partial charge in [0.05, 0.1) is 17.0 Å². The van der Waals surface area contributed by atoms with Gasteiger partial charge in [-0.05, 0) is 38.2 Å². The lowest BCUT2D eigenvalue weighted by atomic mass is 9.99. The molecule has 2 atom stereocenters. The number of nitrogens with one attached hydrogen (secondary N) is 3. The number of pyridine rings is 1. The molecule has 0 aromatic carbocycles. The fourth-order valence-electron chi connectivity index (χ4n) is 3.91. The Balaban J connectivity index is 1.45. The van der Waals surface area contributed by atoms with E-state index in [4.69, 9.17) is 0 Å². The van der Waals surface area contributed by atoms with Crippen molar-refractivity contribution < 1.29 is 8.42 Å². The minimum atomic E-state index is -3.12. The summed E-state index contributed by atoms with van der Waals surface area (Å²) in [7, 11) is -3.12. The lowest BCUT2D eigenvalue weighted by Crippen LogP contribution is -2.35. The van der Waals surface area contributed by atoms with Crippen molar-refractivity contribution in [3.8, 4) is 0 Å². The van der Waals surface area contributed by atoms with Gasteiger partial charge in [0, 0.05) is 34.6 Å². The lowest BCUT2D eigenvalue weighted by Gasteiger charge is -2.13. The first-order valence-electron chi connectivity index (χ1n) is 8.42. The van der Waals surface area contributed by atoms with Crippen LogP contribution in [0.15, 0.2) is 18.5 Å². The van der Waals surface area contributed by atoms with Crippen molar-refractivity contribution in [3.63, 3.8) is 0 Å². The summed E-state index contributed by atoms with van der Waals surface area (Å²) < 4.78 is 27.2. The van der Waals surface area contributed by atoms with Crippen LogP contribution in [0.5, 0.6) is 0 Å². The van der Waals surface area contributed by atoms with Crippen molar-refractivity contribution in [2.75, 3.05) is 0 Å². The molecule has 2 aliphatic rings. The van der Waals surface area contributed by atoms with Crippen molar-refractivity contribution in [1.82, 2.24) is 24.9 Å². The molecule has 126 valence electrons. The van der Waals surface area contributed by atoms with Crippen LogP contribution in [-0.4, -0.2) is 39.9 Å². The van der Waals surface area contributed by atoms with Crippen LogP contribution in [0.4, 0.5) is 0 Å². The van der Waals surface area contributed by atoms with Gasteiger partial charge in [-0.15, -0.1) is 0 Å². The smallest absolute Gasteiger partial charge is 0.214 e. The molecule has 0 bridgehead atoms. The fraction of sp³-hybridized carbons (Fsp3) is 0.500. The van der Waals surface area contributed by atoms with Crippen molar-refractivity contribution in [2.24, 2.45) is 0 Å². The Morgan fingerprint density at radius 1 is 1.12 bits per heavy atom. The third-order valence-electron chi connectivity index (χ3n) is 5.27. The van der Waals surface area contributed by atoms with Crippen LogP contribution in [0.25, 0.3) is 21.9 Å². The van der Waals surface area contributed by atoms with Crippen LogP contribution in [0.2, 0.25) is 0 Å². The zero-order chi connectivity index (χ0) is 16.3. The third-order valence-corrected chi connectivity index (χ3v) is 7.28. The van der Waals surface area contributed by atoms with E-state index in [1.165, 1.54) is 0 Å². The fourth-order valence-corrected chi connectivity index (χ4v) is 5.53. The Morgan fingerprint density at radius 2 is 2.00 bits per heavy atom. The van der Waals surface area contributed by atoms with Crippen molar-refractivity contribution in [2.45, 2.75) is 49.3 Å². The number of fused-ring (bicyclic) bond motifs is 3. The normalized spacial score (nSPS) is 25.0. The molecule has 5 rings (SSSR count). The molecular formula is C16H19N5O2S. The molecule has 3 aromatic rings. The van der Waals surface area contributed by atoms with Gasteiger partial charge in [-0.3, -0.25) is 5.10 Å². The Labute approximate surface area is 139 Å². The summed E-state index contributed by atoms with van der Waals surface area (Å²) in [4.78, 5) is 8.62. The van der Waals surface area contributed by atoms with E-state index in [9.17, 15) is 8.42 Å². The Bertz CT molecular complexity index is 1020. The topological polar surface area (TPSA) is 104 Å². The molecule has 24 heavy (non-hydrogen) atoms. The second kappa shape index (κ2) is 5.03. The van der Waals surface area contributed by atoms with E-state index in [0.717, 1.165) is 59.7 Å². The Kier molecular flexibility index (Phi) is 3.02. The van der Waals surface area contributed by atoms with Gasteiger partial charge in [-0.2, -0.15) is 0 Å². The molecule has 3 N–H and O–H groups in total. The second-order valence-corrected chi connectivity index (χ2v) is 8.95. The minimum absolute atomic E-state index is 0.0362. The Morgan fingerprint density at radius 3 is 2.83 bits per heavy atom. The maximum atomic E-state index is 12.2. The van der Waals surface area contributed by atoms with Crippen molar-refractivity contribution >= 4 is 32.0 Å². The maximum Gasteiger partial charge on any atom is 0.214 e. The molecule has 2 aliphatic carbocycles. The first-order chi connectivity index (χ1) is 11.6. The minimum Gasteiger partial charge on any atom is -0.304 e. The largest absolute Gasteiger partial charge is 0.304 e. The van der Waals surface area contributed by atoms with Crippen LogP contribution in [-0.2, 0) is 10.0 Å². The van der Waals surface area contributed by atoms with Gasteiger partial charge in [0.25, 0.3) is 0 Å². The zero-order valence-electron chi connectivity index (χ0n) is 13.1. The summed E-state index contributed by atoms with van der Waals surface area (Å²) in [5, 5.41) is 8.49. The highest BCUT2D eigenvalue weighted by molar-refractivity contribution is 7.90. The summed E-state index contributed by atoms with van der Waals surface area (Å²) in [6.07, 6.45) is 7.85. The van der Waals surface area contributed by atoms with Gasteiger partial charge >= 0.3 is 0 Å². The number of nitrogens with zero attached hydrogens (tertiary/aromatic N) is 2. The van der Waals surface area contributed by atoms with Crippen molar-refractivity contribution in [1.29, 1.82) is 0 Å². The van der Waals surface area contributed by atoms with Gasteiger partial charge < -0.3 is 5.10 Å². The molecular weight excluding hydrogens is 326 g/mol.